The van der Waals surface area contributed by atoms with E-state index in [4.69, 9.17) is 4.74 Å². The van der Waals surface area contributed by atoms with Crippen molar-refractivity contribution in [3.63, 3.8) is 0 Å². The maximum absolute atomic E-state index is 12.4. The summed E-state index contributed by atoms with van der Waals surface area (Å²) in [7, 11) is 1.77. The largest absolute Gasteiger partial charge is 0.382 e. The lowest BCUT2D eigenvalue weighted by Crippen LogP contribution is -2.37. The summed E-state index contributed by atoms with van der Waals surface area (Å²) in [6.07, 6.45) is 7.70. The van der Waals surface area contributed by atoms with Gasteiger partial charge in [0, 0.05) is 45.0 Å². The molecule has 1 aliphatic carbocycles. The molecule has 6 nitrogen and oxygen atoms in total. The molecule has 3 N–H and O–H groups in total. The fourth-order valence-electron chi connectivity index (χ4n) is 3.45. The van der Waals surface area contributed by atoms with Crippen LogP contribution in [0, 0.1) is 5.92 Å². The van der Waals surface area contributed by atoms with Gasteiger partial charge in [-0.3, -0.25) is 9.79 Å². The molecular formula is C22H36N4O2. The van der Waals surface area contributed by atoms with Crippen molar-refractivity contribution >= 4 is 17.6 Å². The van der Waals surface area contributed by atoms with Gasteiger partial charge in [0.1, 0.15) is 0 Å². The van der Waals surface area contributed by atoms with Crippen molar-refractivity contribution in [3.05, 3.63) is 29.8 Å². The van der Waals surface area contributed by atoms with E-state index in [-0.39, 0.29) is 11.8 Å². The number of ether oxygens (including phenoxy) is 1. The lowest BCUT2D eigenvalue weighted by Gasteiger charge is -2.21. The highest BCUT2D eigenvalue weighted by atomic mass is 16.5. The third-order valence-corrected chi connectivity index (χ3v) is 5.07. The Morgan fingerprint density at radius 2 is 2.00 bits per heavy atom. The van der Waals surface area contributed by atoms with Gasteiger partial charge in [-0.2, -0.15) is 0 Å². The Balaban J connectivity index is 1.74. The van der Waals surface area contributed by atoms with Crippen LogP contribution < -0.4 is 16.0 Å². The number of anilines is 1. The first-order valence-corrected chi connectivity index (χ1v) is 10.6. The number of nitrogens with zero attached hydrogens (tertiary/aromatic N) is 1. The molecule has 1 saturated carbocycles. The smallest absolute Gasteiger partial charge is 0.227 e. The first-order chi connectivity index (χ1) is 13.7. The van der Waals surface area contributed by atoms with E-state index in [1.165, 1.54) is 19.3 Å². The van der Waals surface area contributed by atoms with Crippen molar-refractivity contribution in [1.29, 1.82) is 0 Å². The highest BCUT2D eigenvalue weighted by molar-refractivity contribution is 5.92. The van der Waals surface area contributed by atoms with Gasteiger partial charge in [0.25, 0.3) is 0 Å². The van der Waals surface area contributed by atoms with Crippen molar-refractivity contribution in [3.8, 4) is 0 Å². The summed E-state index contributed by atoms with van der Waals surface area (Å²) in [6.45, 7) is 5.12. The van der Waals surface area contributed by atoms with Gasteiger partial charge in [0.2, 0.25) is 5.91 Å². The van der Waals surface area contributed by atoms with Crippen molar-refractivity contribution in [2.24, 2.45) is 10.9 Å². The molecule has 0 saturated heterocycles. The quantitative estimate of drug-likeness (QED) is 0.325. The molecule has 28 heavy (non-hydrogen) atoms. The first kappa shape index (κ1) is 22.2. The van der Waals surface area contributed by atoms with Crippen molar-refractivity contribution in [2.45, 2.75) is 58.4 Å². The maximum Gasteiger partial charge on any atom is 0.227 e. The zero-order chi connectivity index (χ0) is 20.0. The Morgan fingerprint density at radius 1 is 1.18 bits per heavy atom. The van der Waals surface area contributed by atoms with Gasteiger partial charge < -0.3 is 20.7 Å². The monoisotopic (exact) mass is 388 g/mol. The molecule has 0 atom stereocenters. The van der Waals surface area contributed by atoms with E-state index in [1.807, 2.05) is 25.1 Å². The predicted molar refractivity (Wildman–Crippen MR) is 116 cm³/mol. The molecule has 0 heterocycles. The fraction of sp³-hybridized carbons (Fsp3) is 0.636. The molecule has 1 fully saturated rings. The zero-order valence-corrected chi connectivity index (χ0v) is 17.4. The van der Waals surface area contributed by atoms with E-state index in [2.05, 4.69) is 27.0 Å². The van der Waals surface area contributed by atoms with Gasteiger partial charge in [-0.15, -0.1) is 0 Å². The molecule has 0 bridgehead atoms. The van der Waals surface area contributed by atoms with Crippen LogP contribution in [0.3, 0.4) is 0 Å². The lowest BCUT2D eigenvalue weighted by atomic mass is 9.88. The Labute approximate surface area is 169 Å². The molecule has 1 aliphatic rings. The standard InChI is InChI=1S/C22H36N4O2/c1-3-28-15-8-7-14-24-22(23-2)25-17-18-10-9-13-20(16-18)26-21(27)19-11-5-4-6-12-19/h9-10,13,16,19H,3-8,11-12,14-15,17H2,1-2H3,(H,26,27)(H2,23,24,25). The Hall–Kier alpha value is -2.08. The van der Waals surface area contributed by atoms with Gasteiger partial charge >= 0.3 is 0 Å². The number of aliphatic imine (C=N–C) groups is 1. The van der Waals surface area contributed by atoms with Crippen molar-refractivity contribution in [1.82, 2.24) is 10.6 Å². The Kier molecular flexibility index (Phi) is 10.4. The number of hydrogen-bond donors (Lipinski definition) is 3. The number of carbonyl (C=O) groups excluding carboxylic acids is 1. The van der Waals surface area contributed by atoms with Crippen LogP contribution in [0.25, 0.3) is 0 Å². The maximum atomic E-state index is 12.4. The average molecular weight is 389 g/mol. The van der Waals surface area contributed by atoms with Gasteiger partial charge in [-0.1, -0.05) is 31.4 Å². The molecule has 0 unspecified atom stereocenters. The van der Waals surface area contributed by atoms with Crippen molar-refractivity contribution < 1.29 is 9.53 Å². The van der Waals surface area contributed by atoms with Gasteiger partial charge in [0.15, 0.2) is 5.96 Å². The molecule has 0 aromatic heterocycles. The van der Waals surface area contributed by atoms with E-state index >= 15 is 0 Å². The second-order valence-electron chi connectivity index (χ2n) is 7.28. The minimum atomic E-state index is 0.161. The molecule has 2 rings (SSSR count). The highest BCUT2D eigenvalue weighted by Crippen LogP contribution is 2.25. The number of nitrogens with one attached hydrogen (secondary N) is 3. The molecule has 1 aromatic carbocycles. The molecule has 0 radical (unpaired) electrons. The number of guanidine groups is 1. The summed E-state index contributed by atoms with van der Waals surface area (Å²) in [5.74, 6) is 1.11. The lowest BCUT2D eigenvalue weighted by molar-refractivity contribution is -0.120. The van der Waals surface area contributed by atoms with Gasteiger partial charge in [-0.05, 0) is 50.3 Å². The van der Waals surface area contributed by atoms with Crippen LogP contribution in [-0.2, 0) is 16.1 Å². The molecular weight excluding hydrogens is 352 g/mol. The highest BCUT2D eigenvalue weighted by Gasteiger charge is 2.20. The third kappa shape index (κ3) is 8.30. The average Bonchev–Trinajstić information content (AvgIpc) is 2.73. The summed E-state index contributed by atoms with van der Waals surface area (Å²) in [6, 6.07) is 8.02. The van der Waals surface area contributed by atoms with Crippen LogP contribution in [-0.4, -0.2) is 38.7 Å². The van der Waals surface area contributed by atoms with Gasteiger partial charge in [0.05, 0.1) is 0 Å². The second-order valence-corrected chi connectivity index (χ2v) is 7.28. The number of amides is 1. The summed E-state index contributed by atoms with van der Waals surface area (Å²) >= 11 is 0. The number of hydrogen-bond acceptors (Lipinski definition) is 3. The van der Waals surface area contributed by atoms with Crippen LogP contribution in [0.15, 0.2) is 29.3 Å². The molecule has 1 amide bonds. The molecule has 0 aliphatic heterocycles. The first-order valence-electron chi connectivity index (χ1n) is 10.6. The number of rotatable bonds is 10. The topological polar surface area (TPSA) is 74.8 Å². The fourth-order valence-corrected chi connectivity index (χ4v) is 3.45. The van der Waals surface area contributed by atoms with E-state index in [0.717, 1.165) is 62.7 Å². The molecule has 0 spiro atoms. The normalized spacial score (nSPS) is 15.3. The van der Waals surface area contributed by atoms with E-state index < -0.39 is 0 Å². The Morgan fingerprint density at radius 3 is 2.75 bits per heavy atom. The summed E-state index contributed by atoms with van der Waals surface area (Å²) in [4.78, 5) is 16.7. The summed E-state index contributed by atoms with van der Waals surface area (Å²) < 4.78 is 5.35. The van der Waals surface area contributed by atoms with Crippen molar-refractivity contribution in [2.75, 3.05) is 32.1 Å². The third-order valence-electron chi connectivity index (χ3n) is 5.07. The SMILES string of the molecule is CCOCCCCNC(=NC)NCc1cccc(NC(=O)C2CCCCC2)c1. The number of carbonyl (C=O) groups is 1. The van der Waals surface area contributed by atoms with Crippen LogP contribution in [0.2, 0.25) is 0 Å². The molecule has 6 heteroatoms. The van der Waals surface area contributed by atoms with E-state index in [1.54, 1.807) is 7.05 Å². The minimum absolute atomic E-state index is 0.161. The van der Waals surface area contributed by atoms with Crippen LogP contribution in [0.1, 0.15) is 57.4 Å². The molecule has 1 aromatic rings. The van der Waals surface area contributed by atoms with Crippen LogP contribution in [0.5, 0.6) is 0 Å². The van der Waals surface area contributed by atoms with Crippen LogP contribution in [0.4, 0.5) is 5.69 Å². The second kappa shape index (κ2) is 13.2. The number of benzene rings is 1. The summed E-state index contributed by atoms with van der Waals surface area (Å²) in [5.41, 5.74) is 1.98. The van der Waals surface area contributed by atoms with Crippen LogP contribution >= 0.6 is 0 Å². The van der Waals surface area contributed by atoms with Gasteiger partial charge in [-0.25, -0.2) is 0 Å². The molecule has 156 valence electrons. The minimum Gasteiger partial charge on any atom is -0.382 e. The zero-order valence-electron chi connectivity index (χ0n) is 17.4. The van der Waals surface area contributed by atoms with E-state index in [0.29, 0.717) is 6.54 Å². The van der Waals surface area contributed by atoms with E-state index in [9.17, 15) is 4.79 Å². The number of unbranched alkanes of at least 4 members (excludes halogenated alkanes) is 1. The Bertz CT molecular complexity index is 612. The summed E-state index contributed by atoms with van der Waals surface area (Å²) in [5, 5.41) is 9.73. The predicted octanol–water partition coefficient (Wildman–Crippen LogP) is 3.69.